The molecule has 0 amide bonds. The first-order chi connectivity index (χ1) is 7.97. The van der Waals surface area contributed by atoms with Gasteiger partial charge in [-0.15, -0.1) is 0 Å². The van der Waals surface area contributed by atoms with Gasteiger partial charge in [-0.25, -0.2) is 0 Å². The molecule has 1 aromatic carbocycles. The molecule has 0 spiro atoms. The molecule has 3 heteroatoms. The number of halogens is 1. The highest BCUT2D eigenvalue weighted by molar-refractivity contribution is 9.10. The molecular formula is C14H17BrO2. The number of carbonyl (C=O) groups is 1. The third kappa shape index (κ3) is 2.13. The third-order valence-electron chi connectivity index (χ3n) is 3.87. The molecule has 2 nitrogen and oxygen atoms in total. The molecule has 17 heavy (non-hydrogen) atoms. The quantitative estimate of drug-likeness (QED) is 0.846. The predicted octanol–water partition coefficient (Wildman–Crippen LogP) is 3.89. The molecule has 0 aromatic heterocycles. The minimum Gasteiger partial charge on any atom is -0.489 e. The summed E-state index contributed by atoms with van der Waals surface area (Å²) >= 11 is 3.44. The van der Waals surface area contributed by atoms with Crippen LogP contribution < -0.4 is 4.74 Å². The van der Waals surface area contributed by atoms with Gasteiger partial charge in [0.25, 0.3) is 0 Å². The standard InChI is InChI=1S/C14H17BrO2/c1-4-14(3)12(16)8-13(14)17-11-7-10(15)6-5-9(11)2/h5-7,13H,4,8H2,1-3H3. The smallest absolute Gasteiger partial charge is 0.146 e. The fourth-order valence-electron chi connectivity index (χ4n) is 2.13. The van der Waals surface area contributed by atoms with Crippen LogP contribution in [0.25, 0.3) is 0 Å². The summed E-state index contributed by atoms with van der Waals surface area (Å²) in [6.45, 7) is 6.06. The van der Waals surface area contributed by atoms with Crippen LogP contribution in [0.3, 0.4) is 0 Å². The van der Waals surface area contributed by atoms with Gasteiger partial charge in [-0.2, -0.15) is 0 Å². The van der Waals surface area contributed by atoms with Gasteiger partial charge in [0.1, 0.15) is 17.6 Å². The van der Waals surface area contributed by atoms with Crippen molar-refractivity contribution in [3.63, 3.8) is 0 Å². The average Bonchev–Trinajstić information content (AvgIpc) is 2.32. The van der Waals surface area contributed by atoms with Crippen LogP contribution in [0.2, 0.25) is 0 Å². The number of hydrogen-bond acceptors (Lipinski definition) is 2. The summed E-state index contributed by atoms with van der Waals surface area (Å²) in [6.07, 6.45) is 1.40. The van der Waals surface area contributed by atoms with Gasteiger partial charge in [0.2, 0.25) is 0 Å². The number of carbonyl (C=O) groups excluding carboxylic acids is 1. The summed E-state index contributed by atoms with van der Waals surface area (Å²) in [6, 6.07) is 5.98. The summed E-state index contributed by atoms with van der Waals surface area (Å²) in [5.41, 5.74) is 0.806. The van der Waals surface area contributed by atoms with Crippen molar-refractivity contribution in [3.8, 4) is 5.75 Å². The second-order valence-electron chi connectivity index (χ2n) is 4.91. The number of ketones is 1. The van der Waals surface area contributed by atoms with Crippen LogP contribution >= 0.6 is 15.9 Å². The molecule has 1 saturated carbocycles. The van der Waals surface area contributed by atoms with Crippen molar-refractivity contribution < 1.29 is 9.53 Å². The summed E-state index contributed by atoms with van der Waals surface area (Å²) in [5.74, 6) is 1.19. The highest BCUT2D eigenvalue weighted by Gasteiger charge is 2.51. The first-order valence-corrected chi connectivity index (χ1v) is 6.73. The largest absolute Gasteiger partial charge is 0.489 e. The first-order valence-electron chi connectivity index (χ1n) is 5.93. The van der Waals surface area contributed by atoms with E-state index in [1.54, 1.807) is 0 Å². The average molecular weight is 297 g/mol. The van der Waals surface area contributed by atoms with Crippen LogP contribution in [0.1, 0.15) is 32.3 Å². The topological polar surface area (TPSA) is 26.3 Å². The van der Waals surface area contributed by atoms with Crippen LogP contribution in [-0.2, 0) is 4.79 Å². The number of aryl methyl sites for hydroxylation is 1. The Labute approximate surface area is 110 Å². The van der Waals surface area contributed by atoms with E-state index in [1.807, 2.05) is 39.0 Å². The van der Waals surface area contributed by atoms with Crippen LogP contribution in [0.5, 0.6) is 5.75 Å². The number of rotatable bonds is 3. The van der Waals surface area contributed by atoms with Gasteiger partial charge in [-0.1, -0.05) is 28.9 Å². The lowest BCUT2D eigenvalue weighted by molar-refractivity contribution is -0.150. The predicted molar refractivity (Wildman–Crippen MR) is 71.3 cm³/mol. The zero-order valence-electron chi connectivity index (χ0n) is 10.4. The minimum absolute atomic E-state index is 0.0213. The lowest BCUT2D eigenvalue weighted by Crippen LogP contribution is -2.54. The Morgan fingerprint density at radius 2 is 2.24 bits per heavy atom. The van der Waals surface area contributed by atoms with E-state index in [9.17, 15) is 4.79 Å². The second-order valence-corrected chi connectivity index (χ2v) is 5.83. The fraction of sp³-hybridized carbons (Fsp3) is 0.500. The maximum absolute atomic E-state index is 11.6. The molecule has 1 aromatic rings. The Balaban J connectivity index is 2.17. The van der Waals surface area contributed by atoms with Crippen molar-refractivity contribution in [3.05, 3.63) is 28.2 Å². The highest BCUT2D eigenvalue weighted by atomic mass is 79.9. The van der Waals surface area contributed by atoms with Crippen LogP contribution in [0.15, 0.2) is 22.7 Å². The van der Waals surface area contributed by atoms with E-state index in [0.29, 0.717) is 12.2 Å². The Hall–Kier alpha value is -0.830. The van der Waals surface area contributed by atoms with Gasteiger partial charge in [0.05, 0.1) is 5.41 Å². The molecule has 1 aliphatic carbocycles. The van der Waals surface area contributed by atoms with Gasteiger partial charge < -0.3 is 4.74 Å². The molecule has 0 radical (unpaired) electrons. The van der Waals surface area contributed by atoms with Crippen molar-refractivity contribution in [2.45, 2.75) is 39.7 Å². The van der Waals surface area contributed by atoms with Gasteiger partial charge >= 0.3 is 0 Å². The Morgan fingerprint density at radius 1 is 1.53 bits per heavy atom. The van der Waals surface area contributed by atoms with Gasteiger partial charge in [0.15, 0.2) is 0 Å². The van der Waals surface area contributed by atoms with Gasteiger partial charge in [-0.05, 0) is 38.0 Å². The summed E-state index contributed by atoms with van der Waals surface area (Å²) in [5, 5.41) is 0. The third-order valence-corrected chi connectivity index (χ3v) is 4.37. The minimum atomic E-state index is -0.297. The van der Waals surface area contributed by atoms with Gasteiger partial charge in [-0.3, -0.25) is 4.79 Å². The van der Waals surface area contributed by atoms with E-state index in [-0.39, 0.29) is 11.5 Å². The monoisotopic (exact) mass is 296 g/mol. The molecule has 0 aliphatic heterocycles. The van der Waals surface area contributed by atoms with E-state index in [4.69, 9.17) is 4.74 Å². The van der Waals surface area contributed by atoms with Crippen LogP contribution in [-0.4, -0.2) is 11.9 Å². The van der Waals surface area contributed by atoms with Gasteiger partial charge in [0, 0.05) is 10.9 Å². The molecule has 0 heterocycles. The lowest BCUT2D eigenvalue weighted by atomic mass is 9.64. The number of ether oxygens (including phenoxy) is 1. The SMILES string of the molecule is CCC1(C)C(=O)CC1Oc1cc(Br)ccc1C. The fourth-order valence-corrected chi connectivity index (χ4v) is 2.47. The van der Waals surface area contributed by atoms with Crippen LogP contribution in [0.4, 0.5) is 0 Å². The maximum atomic E-state index is 11.6. The second kappa shape index (κ2) is 4.45. The van der Waals surface area contributed by atoms with E-state index >= 15 is 0 Å². The number of hydrogen-bond donors (Lipinski definition) is 0. The number of Topliss-reactive ketones (excluding diaryl/α,β-unsaturated/α-hetero) is 1. The zero-order chi connectivity index (χ0) is 12.6. The Bertz CT molecular complexity index is 456. The number of benzene rings is 1. The molecular weight excluding hydrogens is 280 g/mol. The summed E-state index contributed by atoms with van der Waals surface area (Å²) in [7, 11) is 0. The molecule has 1 fully saturated rings. The normalized spacial score (nSPS) is 27.8. The molecule has 0 bridgehead atoms. The van der Waals surface area contributed by atoms with Crippen molar-refractivity contribution in [2.24, 2.45) is 5.41 Å². The molecule has 92 valence electrons. The lowest BCUT2D eigenvalue weighted by Gasteiger charge is -2.44. The van der Waals surface area contributed by atoms with Crippen molar-refractivity contribution in [2.75, 3.05) is 0 Å². The molecule has 2 rings (SSSR count). The van der Waals surface area contributed by atoms with E-state index < -0.39 is 0 Å². The molecule has 2 atom stereocenters. The molecule has 1 aliphatic rings. The molecule has 2 unspecified atom stereocenters. The van der Waals surface area contributed by atoms with Crippen molar-refractivity contribution in [1.29, 1.82) is 0 Å². The maximum Gasteiger partial charge on any atom is 0.146 e. The van der Waals surface area contributed by atoms with Crippen molar-refractivity contribution >= 4 is 21.7 Å². The summed E-state index contributed by atoms with van der Waals surface area (Å²) in [4.78, 5) is 11.6. The first kappa shape index (κ1) is 12.6. The van der Waals surface area contributed by atoms with Crippen LogP contribution in [0, 0.1) is 12.3 Å². The highest BCUT2D eigenvalue weighted by Crippen LogP contribution is 2.43. The Morgan fingerprint density at radius 3 is 2.82 bits per heavy atom. The molecule has 0 saturated heterocycles. The summed E-state index contributed by atoms with van der Waals surface area (Å²) < 4.78 is 6.99. The van der Waals surface area contributed by atoms with E-state index in [2.05, 4.69) is 15.9 Å². The zero-order valence-corrected chi connectivity index (χ0v) is 12.0. The Kier molecular flexibility index (Phi) is 3.30. The van der Waals surface area contributed by atoms with E-state index in [0.717, 1.165) is 22.2 Å². The van der Waals surface area contributed by atoms with Crippen molar-refractivity contribution in [1.82, 2.24) is 0 Å². The molecule has 0 N–H and O–H groups in total. The van der Waals surface area contributed by atoms with E-state index in [1.165, 1.54) is 0 Å².